The molecule has 0 aromatic heterocycles. The van der Waals surface area contributed by atoms with Gasteiger partial charge in [-0.05, 0) is 37.3 Å². The van der Waals surface area contributed by atoms with Crippen molar-refractivity contribution in [3.8, 4) is 5.75 Å². The van der Waals surface area contributed by atoms with Crippen LogP contribution in [0.15, 0.2) is 48.5 Å². The minimum absolute atomic E-state index is 0.00541. The predicted octanol–water partition coefficient (Wildman–Crippen LogP) is 2.68. The number of rotatable bonds is 7. The molecule has 1 amide bonds. The van der Waals surface area contributed by atoms with Gasteiger partial charge in [-0.15, -0.1) is 0 Å². The Hall–Kier alpha value is -3.49. The third-order valence-electron chi connectivity index (χ3n) is 3.18. The number of carbonyl (C=O) groups excluding carboxylic acids is 2. The quantitative estimate of drug-likeness (QED) is 0.461. The molecule has 0 unspecified atom stereocenters. The fourth-order valence-corrected chi connectivity index (χ4v) is 1.94. The van der Waals surface area contributed by atoms with Gasteiger partial charge in [0.25, 0.3) is 11.6 Å². The number of esters is 1. The average molecular weight is 362 g/mol. The minimum Gasteiger partial charge on any atom is -0.479 e. The zero-order chi connectivity index (χ0) is 19.1. The van der Waals surface area contributed by atoms with Gasteiger partial charge in [0.1, 0.15) is 17.3 Å². The molecule has 0 aliphatic heterocycles. The maximum atomic E-state index is 12.8. The summed E-state index contributed by atoms with van der Waals surface area (Å²) in [5.41, 5.74) is -0.283. The lowest BCUT2D eigenvalue weighted by atomic mass is 10.2. The van der Waals surface area contributed by atoms with Gasteiger partial charge in [0, 0.05) is 6.07 Å². The smallest absolute Gasteiger partial charge is 0.347 e. The summed E-state index contributed by atoms with van der Waals surface area (Å²) in [4.78, 5) is 33.9. The average Bonchev–Trinajstić information content (AvgIpc) is 2.61. The van der Waals surface area contributed by atoms with E-state index < -0.39 is 35.3 Å². The third-order valence-corrected chi connectivity index (χ3v) is 3.18. The van der Waals surface area contributed by atoms with E-state index in [0.717, 1.165) is 0 Å². The van der Waals surface area contributed by atoms with Crippen LogP contribution in [-0.4, -0.2) is 29.5 Å². The molecule has 0 radical (unpaired) electrons. The van der Waals surface area contributed by atoms with Gasteiger partial charge in [0.05, 0.1) is 4.92 Å². The van der Waals surface area contributed by atoms with Crippen LogP contribution >= 0.6 is 0 Å². The zero-order valence-electron chi connectivity index (χ0n) is 13.7. The van der Waals surface area contributed by atoms with Crippen molar-refractivity contribution in [1.29, 1.82) is 0 Å². The minimum atomic E-state index is -1.03. The maximum absolute atomic E-state index is 12.8. The lowest BCUT2D eigenvalue weighted by Crippen LogP contribution is -2.29. The van der Waals surface area contributed by atoms with E-state index >= 15 is 0 Å². The predicted molar refractivity (Wildman–Crippen MR) is 89.2 cm³/mol. The first-order chi connectivity index (χ1) is 12.4. The Balaban J connectivity index is 1.85. The van der Waals surface area contributed by atoms with E-state index in [1.54, 1.807) is 0 Å². The van der Waals surface area contributed by atoms with Crippen LogP contribution in [0.1, 0.15) is 6.92 Å². The number of carbonyl (C=O) groups is 2. The summed E-state index contributed by atoms with van der Waals surface area (Å²) in [7, 11) is 0. The van der Waals surface area contributed by atoms with Crippen molar-refractivity contribution in [2.75, 3.05) is 11.9 Å². The second-order valence-corrected chi connectivity index (χ2v) is 5.14. The van der Waals surface area contributed by atoms with Crippen molar-refractivity contribution >= 4 is 23.3 Å². The summed E-state index contributed by atoms with van der Waals surface area (Å²) in [6.07, 6.45) is -1.03. The van der Waals surface area contributed by atoms with E-state index in [1.807, 2.05) is 0 Å². The molecule has 0 saturated carbocycles. The molecule has 2 rings (SSSR count). The van der Waals surface area contributed by atoms with Gasteiger partial charge >= 0.3 is 5.97 Å². The van der Waals surface area contributed by atoms with Crippen molar-refractivity contribution < 1.29 is 28.4 Å². The Kier molecular flexibility index (Phi) is 6.20. The molecule has 8 nitrogen and oxygen atoms in total. The molecule has 2 aromatic rings. The lowest BCUT2D eigenvalue weighted by molar-refractivity contribution is -0.383. The van der Waals surface area contributed by atoms with Gasteiger partial charge < -0.3 is 14.8 Å². The molecule has 0 spiro atoms. The number of hydrogen-bond donors (Lipinski definition) is 1. The fourth-order valence-electron chi connectivity index (χ4n) is 1.94. The van der Waals surface area contributed by atoms with Crippen LogP contribution in [0.25, 0.3) is 0 Å². The van der Waals surface area contributed by atoms with Gasteiger partial charge in [-0.1, -0.05) is 12.1 Å². The Morgan fingerprint density at radius 1 is 1.19 bits per heavy atom. The van der Waals surface area contributed by atoms with Crippen LogP contribution < -0.4 is 10.1 Å². The highest BCUT2D eigenvalue weighted by Gasteiger charge is 2.19. The number of nitrogens with one attached hydrogen (secondary N) is 1. The number of benzene rings is 2. The van der Waals surface area contributed by atoms with E-state index in [-0.39, 0.29) is 17.1 Å². The van der Waals surface area contributed by atoms with E-state index in [9.17, 15) is 24.1 Å². The molecule has 0 aliphatic carbocycles. The molecule has 9 heteroatoms. The molecule has 2 aromatic carbocycles. The number of hydrogen-bond acceptors (Lipinski definition) is 6. The first-order valence-electron chi connectivity index (χ1n) is 7.49. The topological polar surface area (TPSA) is 108 Å². The molecule has 0 saturated heterocycles. The summed E-state index contributed by atoms with van der Waals surface area (Å²) in [6.45, 7) is 0.771. The maximum Gasteiger partial charge on any atom is 0.347 e. The zero-order valence-corrected chi connectivity index (χ0v) is 13.7. The van der Waals surface area contributed by atoms with Crippen LogP contribution in [0.4, 0.5) is 15.8 Å². The molecular formula is C17H15FN2O6. The molecule has 1 atom stereocenters. The number of ether oxygens (including phenoxy) is 2. The summed E-state index contributed by atoms with van der Waals surface area (Å²) >= 11 is 0. The second-order valence-electron chi connectivity index (χ2n) is 5.14. The Labute approximate surface area is 147 Å². The summed E-state index contributed by atoms with van der Waals surface area (Å²) in [5, 5.41) is 13.2. The molecule has 0 bridgehead atoms. The highest BCUT2D eigenvalue weighted by molar-refractivity contribution is 5.95. The van der Waals surface area contributed by atoms with Gasteiger partial charge in [-0.2, -0.15) is 0 Å². The molecule has 136 valence electrons. The van der Waals surface area contributed by atoms with Gasteiger partial charge in [-0.25, -0.2) is 9.18 Å². The molecule has 26 heavy (non-hydrogen) atoms. The Morgan fingerprint density at radius 2 is 1.85 bits per heavy atom. The SMILES string of the molecule is C[C@@H](Oc1ccc(F)cc1)C(=O)OCC(=O)Nc1ccccc1[N+](=O)[O-]. The summed E-state index contributed by atoms with van der Waals surface area (Å²) in [6, 6.07) is 10.6. The lowest BCUT2D eigenvalue weighted by Gasteiger charge is -2.14. The van der Waals surface area contributed by atoms with E-state index in [0.29, 0.717) is 0 Å². The monoisotopic (exact) mass is 362 g/mol. The van der Waals surface area contributed by atoms with Gasteiger partial charge in [0.2, 0.25) is 0 Å². The number of nitro groups is 1. The molecule has 0 aliphatic rings. The van der Waals surface area contributed by atoms with Crippen molar-refractivity contribution in [2.45, 2.75) is 13.0 Å². The number of nitro benzene ring substituents is 1. The van der Waals surface area contributed by atoms with E-state index in [2.05, 4.69) is 5.32 Å². The Bertz CT molecular complexity index is 809. The van der Waals surface area contributed by atoms with Crippen LogP contribution in [0.5, 0.6) is 5.75 Å². The Morgan fingerprint density at radius 3 is 2.50 bits per heavy atom. The van der Waals surface area contributed by atoms with Crippen molar-refractivity contribution in [1.82, 2.24) is 0 Å². The van der Waals surface area contributed by atoms with Gasteiger partial charge in [0.15, 0.2) is 12.7 Å². The normalized spacial score (nSPS) is 11.3. The van der Waals surface area contributed by atoms with Crippen LogP contribution in [-0.2, 0) is 14.3 Å². The summed E-state index contributed by atoms with van der Waals surface area (Å²) in [5.74, 6) is -1.73. The van der Waals surface area contributed by atoms with Crippen molar-refractivity contribution in [2.24, 2.45) is 0 Å². The number of para-hydroxylation sites is 2. The molecule has 0 heterocycles. The number of anilines is 1. The van der Waals surface area contributed by atoms with Crippen LogP contribution in [0, 0.1) is 15.9 Å². The van der Waals surface area contributed by atoms with Crippen LogP contribution in [0.2, 0.25) is 0 Å². The highest BCUT2D eigenvalue weighted by Crippen LogP contribution is 2.23. The standard InChI is InChI=1S/C17H15FN2O6/c1-11(26-13-8-6-12(18)7-9-13)17(22)25-10-16(21)19-14-4-2-3-5-15(14)20(23)24/h2-9,11H,10H2,1H3,(H,19,21)/t11-/m1/s1. The van der Waals surface area contributed by atoms with Crippen molar-refractivity contribution in [3.63, 3.8) is 0 Å². The van der Waals surface area contributed by atoms with Crippen molar-refractivity contribution in [3.05, 3.63) is 64.5 Å². The molecule has 0 fully saturated rings. The van der Waals surface area contributed by atoms with Crippen LogP contribution in [0.3, 0.4) is 0 Å². The number of amides is 1. The second kappa shape index (κ2) is 8.56. The van der Waals surface area contributed by atoms with Gasteiger partial charge in [-0.3, -0.25) is 14.9 Å². The highest BCUT2D eigenvalue weighted by atomic mass is 19.1. The number of nitrogens with zero attached hydrogens (tertiary/aromatic N) is 1. The fraction of sp³-hybridized carbons (Fsp3) is 0.176. The number of halogens is 1. The van der Waals surface area contributed by atoms with E-state index in [4.69, 9.17) is 9.47 Å². The first-order valence-corrected chi connectivity index (χ1v) is 7.49. The third kappa shape index (κ3) is 5.26. The summed E-state index contributed by atoms with van der Waals surface area (Å²) < 4.78 is 22.9. The first kappa shape index (κ1) is 18.8. The largest absolute Gasteiger partial charge is 0.479 e. The molecular weight excluding hydrogens is 347 g/mol. The van der Waals surface area contributed by atoms with E-state index in [1.165, 1.54) is 55.5 Å². The molecule has 1 N–H and O–H groups in total.